The number of rotatable bonds is 4. The van der Waals surface area contributed by atoms with Crippen LogP contribution in [0.3, 0.4) is 0 Å². The van der Waals surface area contributed by atoms with E-state index in [1.807, 2.05) is 36.4 Å². The van der Waals surface area contributed by atoms with Crippen LogP contribution in [0.2, 0.25) is 5.02 Å². The summed E-state index contributed by atoms with van der Waals surface area (Å²) in [5, 5.41) is 10.0. The summed E-state index contributed by atoms with van der Waals surface area (Å²) in [6, 6.07) is 23.7. The fraction of sp³-hybridized carbons (Fsp3) is 0. The van der Waals surface area contributed by atoms with Crippen LogP contribution in [0.1, 0.15) is 10.4 Å². The monoisotopic (exact) mass is 381 g/mol. The van der Waals surface area contributed by atoms with Crippen molar-refractivity contribution in [1.29, 1.82) is 0 Å². The highest BCUT2D eigenvalue weighted by Crippen LogP contribution is 2.17. The van der Waals surface area contributed by atoms with E-state index in [1.165, 1.54) is 0 Å². The Kier molecular flexibility index (Phi) is 5.84. The van der Waals surface area contributed by atoms with Crippen LogP contribution in [0, 0.1) is 0 Å². The SMILES string of the molecule is O=C(Nc1cccc(Cl)c1)c1cccc(NC(=S)Nc2ccccc2)c1. The van der Waals surface area contributed by atoms with E-state index < -0.39 is 0 Å². The molecule has 3 aromatic rings. The molecule has 0 aromatic heterocycles. The van der Waals surface area contributed by atoms with Crippen molar-refractivity contribution in [3.63, 3.8) is 0 Å². The highest BCUT2D eigenvalue weighted by atomic mass is 35.5. The predicted molar refractivity (Wildman–Crippen MR) is 112 cm³/mol. The molecule has 0 atom stereocenters. The number of halogens is 1. The molecule has 0 bridgehead atoms. The predicted octanol–water partition coefficient (Wildman–Crippen LogP) is 5.40. The van der Waals surface area contributed by atoms with E-state index in [9.17, 15) is 4.79 Å². The van der Waals surface area contributed by atoms with Crippen molar-refractivity contribution in [2.45, 2.75) is 0 Å². The number of nitrogens with one attached hydrogen (secondary N) is 3. The lowest BCUT2D eigenvalue weighted by molar-refractivity contribution is 0.102. The second kappa shape index (κ2) is 8.47. The van der Waals surface area contributed by atoms with Gasteiger partial charge in [-0.2, -0.15) is 0 Å². The standard InChI is InChI=1S/C20H16ClN3OS/c21-15-7-5-11-18(13-15)22-19(25)14-6-4-10-17(12-14)24-20(26)23-16-8-2-1-3-9-16/h1-13H,(H,22,25)(H2,23,24,26). The van der Waals surface area contributed by atoms with Gasteiger partial charge in [0.25, 0.3) is 5.91 Å². The van der Waals surface area contributed by atoms with Crippen LogP contribution in [-0.4, -0.2) is 11.0 Å². The summed E-state index contributed by atoms with van der Waals surface area (Å²) in [5.74, 6) is -0.224. The van der Waals surface area contributed by atoms with Gasteiger partial charge in [-0.1, -0.05) is 41.9 Å². The molecule has 0 radical (unpaired) electrons. The van der Waals surface area contributed by atoms with Crippen molar-refractivity contribution in [3.05, 3.63) is 89.4 Å². The molecule has 4 nitrogen and oxygen atoms in total. The van der Waals surface area contributed by atoms with Crippen LogP contribution < -0.4 is 16.0 Å². The Balaban J connectivity index is 1.65. The van der Waals surface area contributed by atoms with Gasteiger partial charge in [0.1, 0.15) is 0 Å². The Morgan fingerprint density at radius 2 is 1.35 bits per heavy atom. The van der Waals surface area contributed by atoms with Crippen LogP contribution in [0.25, 0.3) is 0 Å². The molecule has 3 aromatic carbocycles. The van der Waals surface area contributed by atoms with E-state index in [-0.39, 0.29) is 5.91 Å². The van der Waals surface area contributed by atoms with Gasteiger partial charge in [-0.3, -0.25) is 4.79 Å². The van der Waals surface area contributed by atoms with Gasteiger partial charge in [-0.15, -0.1) is 0 Å². The number of carbonyl (C=O) groups excluding carboxylic acids is 1. The average Bonchev–Trinajstić information content (AvgIpc) is 2.62. The third kappa shape index (κ3) is 5.05. The fourth-order valence-electron chi connectivity index (χ4n) is 2.32. The van der Waals surface area contributed by atoms with Gasteiger partial charge >= 0.3 is 0 Å². The molecule has 0 unspecified atom stereocenters. The van der Waals surface area contributed by atoms with Crippen molar-refractivity contribution in [1.82, 2.24) is 0 Å². The highest BCUT2D eigenvalue weighted by Gasteiger charge is 2.08. The first-order chi connectivity index (χ1) is 12.6. The van der Waals surface area contributed by atoms with Crippen molar-refractivity contribution >= 4 is 51.9 Å². The fourth-order valence-corrected chi connectivity index (χ4v) is 2.75. The van der Waals surface area contributed by atoms with Crippen LogP contribution in [0.4, 0.5) is 17.1 Å². The van der Waals surface area contributed by atoms with Crippen LogP contribution in [0.15, 0.2) is 78.9 Å². The van der Waals surface area contributed by atoms with Crippen LogP contribution >= 0.6 is 23.8 Å². The molecule has 0 aliphatic heterocycles. The molecule has 3 N–H and O–H groups in total. The van der Waals surface area contributed by atoms with Crippen molar-refractivity contribution in [2.24, 2.45) is 0 Å². The second-order valence-electron chi connectivity index (χ2n) is 5.49. The number of amides is 1. The number of hydrogen-bond acceptors (Lipinski definition) is 2. The van der Waals surface area contributed by atoms with Crippen LogP contribution in [0.5, 0.6) is 0 Å². The molecule has 0 fully saturated rings. The summed E-state index contributed by atoms with van der Waals surface area (Å²) in [7, 11) is 0. The molecule has 3 rings (SSSR count). The molecule has 0 aliphatic carbocycles. The minimum Gasteiger partial charge on any atom is -0.332 e. The lowest BCUT2D eigenvalue weighted by Gasteiger charge is -2.12. The summed E-state index contributed by atoms with van der Waals surface area (Å²) < 4.78 is 0. The van der Waals surface area contributed by atoms with Crippen molar-refractivity contribution in [3.8, 4) is 0 Å². The van der Waals surface area contributed by atoms with Gasteiger partial charge in [0.05, 0.1) is 0 Å². The molecular weight excluding hydrogens is 366 g/mol. The zero-order chi connectivity index (χ0) is 18.4. The number of carbonyl (C=O) groups is 1. The molecule has 1 amide bonds. The lowest BCUT2D eigenvalue weighted by atomic mass is 10.2. The maximum Gasteiger partial charge on any atom is 0.255 e. The topological polar surface area (TPSA) is 53.2 Å². The first-order valence-electron chi connectivity index (χ1n) is 7.90. The maximum atomic E-state index is 12.4. The number of anilines is 3. The molecule has 0 saturated carbocycles. The molecular formula is C20H16ClN3OS. The van der Waals surface area contributed by atoms with Gasteiger partial charge < -0.3 is 16.0 Å². The molecule has 6 heteroatoms. The summed E-state index contributed by atoms with van der Waals surface area (Å²) >= 11 is 11.2. The quantitative estimate of drug-likeness (QED) is 0.529. The first-order valence-corrected chi connectivity index (χ1v) is 8.69. The highest BCUT2D eigenvalue weighted by molar-refractivity contribution is 7.80. The third-order valence-corrected chi connectivity index (χ3v) is 3.94. The van der Waals surface area contributed by atoms with Crippen molar-refractivity contribution < 1.29 is 4.79 Å². The van der Waals surface area contributed by atoms with E-state index in [1.54, 1.807) is 42.5 Å². The normalized spacial score (nSPS) is 10.0. The smallest absolute Gasteiger partial charge is 0.255 e. The Labute approximate surface area is 162 Å². The first kappa shape index (κ1) is 17.9. The van der Waals surface area contributed by atoms with Gasteiger partial charge in [0.2, 0.25) is 0 Å². The largest absolute Gasteiger partial charge is 0.332 e. The minimum atomic E-state index is -0.224. The Hall–Kier alpha value is -2.89. The van der Waals surface area contributed by atoms with E-state index in [2.05, 4.69) is 16.0 Å². The number of hydrogen-bond donors (Lipinski definition) is 3. The minimum absolute atomic E-state index is 0.224. The number of benzene rings is 3. The molecule has 0 aliphatic rings. The number of thiocarbonyl (C=S) groups is 1. The Morgan fingerprint density at radius 3 is 2.08 bits per heavy atom. The third-order valence-electron chi connectivity index (χ3n) is 3.50. The second-order valence-corrected chi connectivity index (χ2v) is 6.34. The van der Waals surface area contributed by atoms with Gasteiger partial charge in [-0.05, 0) is 60.7 Å². The maximum absolute atomic E-state index is 12.4. The number of para-hydroxylation sites is 1. The van der Waals surface area contributed by atoms with Crippen LogP contribution in [-0.2, 0) is 0 Å². The molecule has 0 spiro atoms. The van der Waals surface area contributed by atoms with Gasteiger partial charge in [0, 0.05) is 27.6 Å². The Morgan fingerprint density at radius 1 is 0.731 bits per heavy atom. The summed E-state index contributed by atoms with van der Waals surface area (Å²) in [6.45, 7) is 0. The van der Waals surface area contributed by atoms with Crippen molar-refractivity contribution in [2.75, 3.05) is 16.0 Å². The summed E-state index contributed by atoms with van der Waals surface area (Å²) in [4.78, 5) is 12.4. The van der Waals surface area contributed by atoms with E-state index in [4.69, 9.17) is 23.8 Å². The summed E-state index contributed by atoms with van der Waals surface area (Å²) in [5.41, 5.74) is 2.76. The summed E-state index contributed by atoms with van der Waals surface area (Å²) in [6.07, 6.45) is 0. The van der Waals surface area contributed by atoms with Gasteiger partial charge in [-0.25, -0.2) is 0 Å². The van der Waals surface area contributed by atoms with E-state index >= 15 is 0 Å². The zero-order valence-electron chi connectivity index (χ0n) is 13.7. The molecule has 26 heavy (non-hydrogen) atoms. The molecule has 0 heterocycles. The van der Waals surface area contributed by atoms with Gasteiger partial charge in [0.15, 0.2) is 5.11 Å². The molecule has 0 saturated heterocycles. The lowest BCUT2D eigenvalue weighted by Crippen LogP contribution is -2.19. The van der Waals surface area contributed by atoms with E-state index in [0.717, 1.165) is 11.4 Å². The van der Waals surface area contributed by atoms with E-state index in [0.29, 0.717) is 21.4 Å². The Bertz CT molecular complexity index is 931. The average molecular weight is 382 g/mol. The zero-order valence-corrected chi connectivity index (χ0v) is 15.3. The molecule has 130 valence electrons.